The smallest absolute Gasteiger partial charge is 0.394 e. The summed E-state index contributed by atoms with van der Waals surface area (Å²) in [4.78, 5) is 120. The Labute approximate surface area is 540 Å². The number of phosphoric ester groups is 1. The molecule has 1 aromatic heterocycles. The molecule has 3 saturated heterocycles. The Balaban J connectivity index is 0.0000118. The van der Waals surface area contributed by atoms with Gasteiger partial charge in [-0.05, 0) is 113 Å². The number of rotatable bonds is 26. The van der Waals surface area contributed by atoms with Crippen LogP contribution in [0.15, 0.2) is 62.8 Å². The Hall–Kier alpha value is -6.36. The van der Waals surface area contributed by atoms with Gasteiger partial charge in [0.2, 0.25) is 41.4 Å². The number of aliphatic imine (C=N–C) groups is 2. The minimum atomic E-state index is -5.06. The summed E-state index contributed by atoms with van der Waals surface area (Å²) in [5.41, 5.74) is 37.5. The number of hydrogen-bond acceptors (Lipinski definition) is 18. The van der Waals surface area contributed by atoms with E-state index in [1.807, 2.05) is 87.4 Å². The van der Waals surface area contributed by atoms with Gasteiger partial charge < -0.3 is 74.8 Å². The molecule has 8 bridgehead atoms. The number of nitrogens with zero attached hydrogens (tertiary/aromatic N) is 4. The van der Waals surface area contributed by atoms with E-state index in [4.69, 9.17) is 58.2 Å². The SMILES string of the molecule is C/C1=C2/NC(/C=C3\N/C(=C(/C)C4=N[C@@](C)([C@@H]5N=C1[C@](C)(CCC(=O)NC[C@@H](C)OP(=O)(O)O[C@H]1[C@@H](O)[C@@H](n6cnc7cc(C)c(C)cc76)O[C@@H]1CO)[C@H]5CC(N)=O)[C@@](C)(CC(N)=O)[C@@H]4CCC(N)=O)[C@@](C)(CC(N)=O)[C@@H]3CCC(N)=O)C(C)(C)[C@@H]2CCC(N)=O.[Co+2]. The summed E-state index contributed by atoms with van der Waals surface area (Å²) in [6.45, 7) is 19.5. The van der Waals surface area contributed by atoms with Gasteiger partial charge in [-0.25, -0.2) is 9.55 Å². The van der Waals surface area contributed by atoms with Gasteiger partial charge in [-0.1, -0.05) is 34.6 Å². The Bertz CT molecular complexity index is 3480. The first-order valence-corrected chi connectivity index (χ1v) is 32.2. The van der Waals surface area contributed by atoms with Gasteiger partial charge in [0.1, 0.15) is 18.3 Å². The molecule has 2 aromatic rings. The minimum absolute atomic E-state index is 0. The number of allylic oxidation sites excluding steroid dienone is 5. The molecule has 501 valence electrons. The molecule has 16 atom stereocenters. The molecule has 8 rings (SSSR count). The van der Waals surface area contributed by atoms with Gasteiger partial charge in [-0.3, -0.25) is 52.6 Å². The van der Waals surface area contributed by atoms with Crippen LogP contribution in [-0.2, 0) is 68.7 Å². The number of carbonyl (C=O) groups is 7. The summed E-state index contributed by atoms with van der Waals surface area (Å²) in [5.74, 6) is -6.92. The first-order chi connectivity index (χ1) is 41.8. The maximum atomic E-state index is 14.4. The third-order valence-electron chi connectivity index (χ3n) is 20.9. The topological polar surface area (TPSA) is 460 Å². The average Bonchev–Trinajstić information content (AvgIpc) is 1.54. The standard InChI is InChI=1S/C62H92N13O14P.Co/c1-29-20-39-40(21-30(29)2)75(28-70-39)57-52(84)53(41(27-76)87-57)89-90(85,86)88-31(3)26-69-49(83)18-19-59(8)37(22-46(66)80)56-62(11)61(10,25-48(68)82)36(14-17-45(65)79)51(74-62)33(5)55-60(9,24-47(67)81)34(12-15-43(63)77)38(71-55)23-42-58(6,7)35(13-16-44(64)78)50(72-42)32(4)54(59)73-56;/h20-21,23,28,31,34-37,41-42,52-53,56-57,71-72,76,84H,12-19,22,24-27H2,1-11H3,(H2,63,77)(H2,64,78)(H2,65,79)(H2,66,80)(H2,67,81)(H2,68,82)(H,69,83)(H,85,86);/q;+2/b38-23-,50-32-,55-33-;/t31-,34-,35-,36-,37+,41-,42?,52-,53-,56-,57+,59-,60+,61+,62+;/m1./s1. The number of fused-ring (bicyclic) bond motifs is 8. The van der Waals surface area contributed by atoms with Crippen LogP contribution in [0.25, 0.3) is 11.0 Å². The molecule has 6 aliphatic rings. The van der Waals surface area contributed by atoms with Gasteiger partial charge in [0, 0.05) is 120 Å². The zero-order valence-electron chi connectivity index (χ0n) is 53.7. The third-order valence-corrected chi connectivity index (χ3v) is 22.1. The predicted octanol–water partition coefficient (Wildman–Crippen LogP) is 2.68. The van der Waals surface area contributed by atoms with Crippen molar-refractivity contribution in [3.05, 3.63) is 63.9 Å². The van der Waals surface area contributed by atoms with Crippen LogP contribution in [0, 0.1) is 59.2 Å². The Morgan fingerprint density at radius 2 is 1.40 bits per heavy atom. The van der Waals surface area contributed by atoms with Crippen molar-refractivity contribution in [1.29, 1.82) is 0 Å². The third kappa shape index (κ3) is 13.8. The van der Waals surface area contributed by atoms with Crippen LogP contribution in [0.5, 0.6) is 0 Å². The molecule has 91 heavy (non-hydrogen) atoms. The van der Waals surface area contributed by atoms with Crippen molar-refractivity contribution in [1.82, 2.24) is 25.5 Å². The van der Waals surface area contributed by atoms with Crippen LogP contribution in [0.1, 0.15) is 150 Å². The van der Waals surface area contributed by atoms with E-state index < -0.39 is 149 Å². The number of nitrogens with two attached hydrogens (primary N) is 6. The fourth-order valence-electron chi connectivity index (χ4n) is 15.8. The van der Waals surface area contributed by atoms with Crippen LogP contribution in [0.4, 0.5) is 0 Å². The van der Waals surface area contributed by atoms with E-state index in [-0.39, 0.29) is 94.0 Å². The zero-order valence-corrected chi connectivity index (χ0v) is 55.7. The number of hydrogen-bond donors (Lipinski definition) is 12. The van der Waals surface area contributed by atoms with Gasteiger partial charge in [0.05, 0.1) is 47.7 Å². The largest absolute Gasteiger partial charge is 2.00 e. The molecule has 1 aromatic carbocycles. The number of nitrogens with one attached hydrogen (secondary N) is 3. The van der Waals surface area contributed by atoms with Gasteiger partial charge in [0.15, 0.2) is 6.23 Å². The van der Waals surface area contributed by atoms with E-state index in [0.717, 1.165) is 11.1 Å². The quantitative estimate of drug-likeness (QED) is 0.0602. The fourth-order valence-corrected chi connectivity index (χ4v) is 16.9. The van der Waals surface area contributed by atoms with Crippen LogP contribution < -0.4 is 50.4 Å². The first kappa shape index (κ1) is 72.1. The van der Waals surface area contributed by atoms with Crippen molar-refractivity contribution in [3.8, 4) is 0 Å². The Morgan fingerprint density at radius 1 is 0.802 bits per heavy atom. The van der Waals surface area contributed by atoms with E-state index in [1.165, 1.54) is 13.3 Å². The summed E-state index contributed by atoms with van der Waals surface area (Å²) in [5, 5.41) is 32.1. The van der Waals surface area contributed by atoms with Crippen LogP contribution in [-0.4, -0.2) is 133 Å². The zero-order chi connectivity index (χ0) is 66.7. The van der Waals surface area contributed by atoms with Crippen molar-refractivity contribution in [2.45, 2.75) is 195 Å². The second-order valence-electron chi connectivity index (χ2n) is 27.4. The van der Waals surface area contributed by atoms with Gasteiger partial charge >= 0.3 is 24.6 Å². The molecular formula is C62H92CoN13O14P+2. The number of carbonyl (C=O) groups excluding carboxylic acids is 7. The monoisotopic (exact) mass is 1330 g/mol. The van der Waals surface area contributed by atoms with E-state index in [0.29, 0.717) is 50.7 Å². The molecular weight excluding hydrogens is 1240 g/mol. The molecule has 2 unspecified atom stereocenters. The molecule has 29 heteroatoms. The van der Waals surface area contributed by atoms with Crippen molar-refractivity contribution >= 4 is 71.6 Å². The molecule has 1 radical (unpaired) electrons. The van der Waals surface area contributed by atoms with Crippen molar-refractivity contribution in [2.75, 3.05) is 13.2 Å². The number of aliphatic hydroxyl groups excluding tert-OH is 2. The number of primary amides is 6. The minimum Gasteiger partial charge on any atom is -0.394 e. The number of aromatic nitrogens is 2. The number of amides is 7. The molecule has 0 aliphatic carbocycles. The number of benzene rings is 1. The van der Waals surface area contributed by atoms with Crippen LogP contribution in [0.2, 0.25) is 0 Å². The fraction of sp³-hybridized carbons (Fsp3) is 0.645. The van der Waals surface area contributed by atoms with Gasteiger partial charge in [0.25, 0.3) is 0 Å². The van der Waals surface area contributed by atoms with Gasteiger partial charge in [-0.15, -0.1) is 0 Å². The predicted molar refractivity (Wildman–Crippen MR) is 333 cm³/mol. The number of aliphatic hydroxyl groups is 2. The molecule has 7 amide bonds. The number of ether oxygens (including phenoxy) is 1. The molecule has 27 nitrogen and oxygen atoms in total. The molecule has 0 spiro atoms. The second-order valence-corrected chi connectivity index (χ2v) is 28.7. The normalized spacial score (nSPS) is 34.6. The first-order valence-electron chi connectivity index (χ1n) is 30.7. The molecule has 18 N–H and O–H groups in total. The summed E-state index contributed by atoms with van der Waals surface area (Å²) in [7, 11) is -5.06. The molecule has 0 saturated carbocycles. The maximum Gasteiger partial charge on any atom is 2.00 e. The van der Waals surface area contributed by atoms with Crippen LogP contribution in [0.3, 0.4) is 0 Å². The van der Waals surface area contributed by atoms with Crippen molar-refractivity contribution in [2.24, 2.45) is 89.7 Å². The second kappa shape index (κ2) is 26.9. The number of imidazole rings is 1. The van der Waals surface area contributed by atoms with E-state index >= 15 is 0 Å². The van der Waals surface area contributed by atoms with Gasteiger partial charge in [-0.2, -0.15) is 0 Å². The number of phosphoric acid groups is 1. The number of aryl methyl sites for hydroxylation is 2. The molecule has 6 aliphatic heterocycles. The Morgan fingerprint density at radius 3 is 1.98 bits per heavy atom. The van der Waals surface area contributed by atoms with E-state index in [1.54, 1.807) is 4.57 Å². The molecule has 3 fully saturated rings. The Kier molecular flexibility index (Phi) is 21.3. The van der Waals surface area contributed by atoms with Crippen LogP contribution >= 0.6 is 7.82 Å². The van der Waals surface area contributed by atoms with Crippen molar-refractivity contribution < 1.29 is 83.8 Å². The summed E-state index contributed by atoms with van der Waals surface area (Å²) in [6.07, 6.45) is -3.87. The summed E-state index contributed by atoms with van der Waals surface area (Å²) >= 11 is 0. The molecule has 7 heterocycles. The average molecular weight is 1330 g/mol. The summed E-state index contributed by atoms with van der Waals surface area (Å²) in [6, 6.07) is 2.20. The van der Waals surface area contributed by atoms with E-state index in [2.05, 4.69) is 20.9 Å². The van der Waals surface area contributed by atoms with E-state index in [9.17, 15) is 53.2 Å². The van der Waals surface area contributed by atoms with Crippen molar-refractivity contribution in [3.63, 3.8) is 0 Å². The maximum absolute atomic E-state index is 14.4. The summed E-state index contributed by atoms with van der Waals surface area (Å²) < 4.78 is 32.3.